The lowest BCUT2D eigenvalue weighted by Crippen LogP contribution is -2.68. The van der Waals surface area contributed by atoms with Gasteiger partial charge in [0.25, 0.3) is 0 Å². The summed E-state index contributed by atoms with van der Waals surface area (Å²) in [6.45, 7) is 2.33. The van der Waals surface area contributed by atoms with Gasteiger partial charge in [-0.05, 0) is 131 Å². The molecule has 21 saturated heterocycles. The molecule has 0 saturated carbocycles. The van der Waals surface area contributed by atoms with Gasteiger partial charge in [-0.15, -0.1) is 0 Å². The Morgan fingerprint density at radius 2 is 0.286 bits per heavy atom. The Morgan fingerprint density at radius 3 is 0.390 bits per heavy atom. The molecule has 0 amide bonds. The van der Waals surface area contributed by atoms with Crippen molar-refractivity contribution >= 4 is 82.3 Å². The molecule has 0 radical (unpaired) electrons. The molecule has 14 bridgehead atoms. The molecular formula is C63H119N7O28S7. The molecule has 0 spiro atoms. The van der Waals surface area contributed by atoms with E-state index in [0.717, 1.165) is 0 Å². The molecular weight excluding hydrogens is 1530 g/mol. The normalized spacial score (nSPS) is 43.8. The molecule has 616 valence electrons. The summed E-state index contributed by atoms with van der Waals surface area (Å²) >= 11 is 9.41. The zero-order chi connectivity index (χ0) is 75.9. The van der Waals surface area contributed by atoms with Crippen molar-refractivity contribution in [3.8, 4) is 0 Å². The Bertz CT molecular complexity index is 1960. The zero-order valence-electron chi connectivity index (χ0n) is 58.9. The first-order valence-electron chi connectivity index (χ1n) is 36.3. The first-order valence-corrected chi connectivity index (χ1v) is 44.4. The third-order valence-corrected chi connectivity index (χ3v) is 26.9. The topological polar surface area (TPSA) is 595 Å². The van der Waals surface area contributed by atoms with E-state index in [1.807, 2.05) is 0 Å². The van der Waals surface area contributed by atoms with E-state index in [1.165, 1.54) is 82.3 Å². The van der Waals surface area contributed by atoms with Crippen molar-refractivity contribution in [3.05, 3.63) is 0 Å². The monoisotopic (exact) mass is 1650 g/mol. The van der Waals surface area contributed by atoms with Crippen molar-refractivity contribution in [1.29, 1.82) is 0 Å². The van der Waals surface area contributed by atoms with Gasteiger partial charge < -0.3 is 178 Å². The lowest BCUT2D eigenvalue weighted by molar-refractivity contribution is -0.389. The second-order valence-electron chi connectivity index (χ2n) is 26.9. The van der Waals surface area contributed by atoms with Gasteiger partial charge in [0.2, 0.25) is 0 Å². The van der Waals surface area contributed by atoms with Crippen molar-refractivity contribution in [1.82, 2.24) is 0 Å². The quantitative estimate of drug-likeness (QED) is 0.0262. The molecule has 35 atom stereocenters. The maximum absolute atomic E-state index is 12.3. The van der Waals surface area contributed by atoms with Gasteiger partial charge in [0.15, 0.2) is 44.0 Å². The van der Waals surface area contributed by atoms with Gasteiger partial charge in [-0.1, -0.05) is 0 Å². The van der Waals surface area contributed by atoms with Crippen LogP contribution in [0.1, 0.15) is 44.9 Å². The van der Waals surface area contributed by atoms with Crippen LogP contribution in [0.3, 0.4) is 0 Å². The SMILES string of the molecule is NCCCSC[C@@H]1O[C@H]2O[C@H]3[C@H](O)[C@@H](O)[C@H](O[C@H]4[C@@H](O)[C@@H](O)[C@H](O[C@H]5[C@H](O)[C@H](O)[C@H](O[C@H]6[C@H](O)[C@H](O)[C@H](O[C@H]7[C@H](O)[C@@H](O)[C@H](O[C@H]8[C@H](O)[C@@H](O)[C@H](O[C@H]1[C@H](O)[C@H]2O)O[C@H]8CSCCCN)O[C@@H]7CSCCCN)O[C@@H]6CSCCCN)O[C@@H]5CSCCCN)O[C@@H]4CSCCCN)O[C@H]3CSCCCN. The summed E-state index contributed by atoms with van der Waals surface area (Å²) in [4.78, 5) is 0. The summed E-state index contributed by atoms with van der Waals surface area (Å²) in [7, 11) is 0. The smallest absolute Gasteiger partial charge is 0.187 e. The van der Waals surface area contributed by atoms with E-state index in [9.17, 15) is 71.5 Å². The average molecular weight is 1650 g/mol. The number of aliphatic hydroxyl groups is 14. The summed E-state index contributed by atoms with van der Waals surface area (Å²) in [5.41, 5.74) is 41.1. The van der Waals surface area contributed by atoms with Gasteiger partial charge in [0, 0.05) is 40.3 Å². The number of aliphatic hydroxyl groups excluding tert-OH is 14. The van der Waals surface area contributed by atoms with Crippen LogP contribution >= 0.6 is 82.3 Å². The van der Waals surface area contributed by atoms with Crippen molar-refractivity contribution in [3.63, 3.8) is 0 Å². The minimum absolute atomic E-state index is 0.0395. The second kappa shape index (κ2) is 47.3. The largest absolute Gasteiger partial charge is 0.387 e. The van der Waals surface area contributed by atoms with E-state index >= 15 is 0 Å². The van der Waals surface area contributed by atoms with Crippen LogP contribution in [-0.4, -0.2) is 413 Å². The third kappa shape index (κ3) is 25.0. The lowest BCUT2D eigenvalue weighted by atomic mass is 9.95. The highest BCUT2D eigenvalue weighted by atomic mass is 32.2. The van der Waals surface area contributed by atoms with Crippen LogP contribution in [-0.2, 0) is 66.3 Å². The highest BCUT2D eigenvalue weighted by molar-refractivity contribution is 8.00. The molecule has 0 unspecified atom stereocenters. The molecule has 21 aliphatic heterocycles. The van der Waals surface area contributed by atoms with Gasteiger partial charge >= 0.3 is 0 Å². The summed E-state index contributed by atoms with van der Waals surface area (Å²) < 4.78 is 90.5. The van der Waals surface area contributed by atoms with E-state index in [0.29, 0.717) is 131 Å². The molecule has 21 rings (SSSR count). The molecule has 0 aromatic rings. The molecule has 28 N–H and O–H groups in total. The number of hydrogen-bond donors (Lipinski definition) is 21. The van der Waals surface area contributed by atoms with Crippen LogP contribution in [0.15, 0.2) is 0 Å². The van der Waals surface area contributed by atoms with Gasteiger partial charge in [-0.25, -0.2) is 0 Å². The minimum Gasteiger partial charge on any atom is -0.387 e. The zero-order valence-corrected chi connectivity index (χ0v) is 64.6. The number of rotatable bonds is 35. The molecule has 0 aromatic heterocycles. The number of hydrogen-bond acceptors (Lipinski definition) is 42. The maximum atomic E-state index is 12.3. The molecule has 21 heterocycles. The second-order valence-corrected chi connectivity index (χ2v) is 34.9. The van der Waals surface area contributed by atoms with E-state index in [1.54, 1.807) is 0 Å². The van der Waals surface area contributed by atoms with E-state index in [4.69, 9.17) is 106 Å². The summed E-state index contributed by atoms with van der Waals surface area (Å²) in [5.74, 6) is 3.73. The predicted octanol–water partition coefficient (Wildman–Crippen LogP) is -7.60. The van der Waals surface area contributed by atoms with Crippen LogP contribution < -0.4 is 40.1 Å². The minimum atomic E-state index is -2.00. The summed E-state index contributed by atoms with van der Waals surface area (Å²) in [6, 6.07) is 0. The lowest BCUT2D eigenvalue weighted by Gasteiger charge is -2.50. The molecule has 21 aliphatic rings. The van der Waals surface area contributed by atoms with Crippen LogP contribution in [0, 0.1) is 0 Å². The Kier molecular flexibility index (Phi) is 41.3. The first-order chi connectivity index (χ1) is 50.7. The molecule has 0 aromatic carbocycles. The maximum Gasteiger partial charge on any atom is 0.187 e. The molecule has 105 heavy (non-hydrogen) atoms. The van der Waals surface area contributed by atoms with Crippen molar-refractivity contribution in [2.75, 3.05) is 126 Å². The van der Waals surface area contributed by atoms with Gasteiger partial charge in [-0.3, -0.25) is 0 Å². The van der Waals surface area contributed by atoms with Crippen LogP contribution in [0.25, 0.3) is 0 Å². The first kappa shape index (κ1) is 91.6. The molecule has 21 fully saturated rings. The van der Waals surface area contributed by atoms with E-state index in [-0.39, 0.29) is 40.3 Å². The van der Waals surface area contributed by atoms with E-state index in [2.05, 4.69) is 0 Å². The molecule has 42 heteroatoms. The Morgan fingerprint density at radius 1 is 0.171 bits per heavy atom. The highest BCUT2D eigenvalue weighted by Gasteiger charge is 2.60. The predicted molar refractivity (Wildman–Crippen MR) is 396 cm³/mol. The van der Waals surface area contributed by atoms with Crippen LogP contribution in [0.2, 0.25) is 0 Å². The third-order valence-electron chi connectivity index (χ3n) is 18.9. The fraction of sp³-hybridized carbons (Fsp3) is 1.00. The Balaban J connectivity index is 1.19. The van der Waals surface area contributed by atoms with Crippen molar-refractivity contribution in [2.24, 2.45) is 40.1 Å². The van der Waals surface area contributed by atoms with E-state index < -0.39 is 215 Å². The molecule has 0 aliphatic carbocycles. The van der Waals surface area contributed by atoms with Crippen molar-refractivity contribution < 1.29 is 138 Å². The van der Waals surface area contributed by atoms with Crippen LogP contribution in [0.4, 0.5) is 0 Å². The summed E-state index contributed by atoms with van der Waals surface area (Å²) in [5, 5.41) is 171. The fourth-order valence-electron chi connectivity index (χ4n) is 13.0. The van der Waals surface area contributed by atoms with Gasteiger partial charge in [0.05, 0.1) is 42.7 Å². The highest BCUT2D eigenvalue weighted by Crippen LogP contribution is 2.42. The number of ether oxygens (including phenoxy) is 14. The summed E-state index contributed by atoms with van der Waals surface area (Å²) in [6.07, 6.45) is -55.4. The average Bonchev–Trinajstić information content (AvgIpc) is 0.793. The standard InChI is InChI=1S/C63H119N7O28S7/c64-8-1-15-99-22-29-50-36(71)43(78)57(85-29)93-51-30(23-100-16-2-9-65)87-59(45(80)38(51)73)95-53-32(25-102-18-4-11-67)89-61(47(82)40(53)75)97-55-34(27-104-20-6-13-69)91-63(49(84)42(55)77)98-56-35(28-105-21-7-14-70)90-62(48(83)41(56)76)96-54-33(26-103-19-5-12-68)88-60(46(81)39(54)74)94-52-31(24-101-17-3-10-66)86-58(92-50)44(79)37(52)72/h29-63,71-84H,1-28,64-70H2/t29-,30-,31-,32-,33+,34+,35+,36-,37+,38-,39-,40-,41-,42-,43+,44-,45+,46-,47-,48-,49-,50-,51-,52-,53-,54-,55-,56-,57+,58+,59+,60+,61+,62+,63+/m1/s1. The Labute approximate surface area is 642 Å². The molecule has 35 nitrogen and oxygen atoms in total. The number of thioether (sulfide) groups is 7. The van der Waals surface area contributed by atoms with Crippen molar-refractivity contribution in [2.45, 2.75) is 260 Å². The van der Waals surface area contributed by atoms with Crippen LogP contribution in [0.5, 0.6) is 0 Å². The number of nitrogens with two attached hydrogens (primary N) is 7. The van der Waals surface area contributed by atoms with Gasteiger partial charge in [0.1, 0.15) is 128 Å². The Hall–Kier alpha value is 1.05. The fourth-order valence-corrected chi connectivity index (χ4v) is 20.3. The van der Waals surface area contributed by atoms with Gasteiger partial charge in [-0.2, -0.15) is 82.3 Å².